The average Bonchev–Trinajstić information content (AvgIpc) is 2.82. The molecule has 1 unspecified atom stereocenters. The highest BCUT2D eigenvalue weighted by Gasteiger charge is 2.24. The van der Waals surface area contributed by atoms with Gasteiger partial charge in [0, 0.05) is 50.4 Å². The van der Waals surface area contributed by atoms with Crippen molar-refractivity contribution in [1.82, 2.24) is 4.90 Å². The number of amides is 1. The van der Waals surface area contributed by atoms with Gasteiger partial charge in [-0.3, -0.25) is 9.69 Å². The van der Waals surface area contributed by atoms with Gasteiger partial charge in [0.1, 0.15) is 30.8 Å². The SMILES string of the molecule is C#CCOc1ccc(OCC(O)CN2CCN(c3ccccc3)CC2)c2c1NC(=O)CC2. The van der Waals surface area contributed by atoms with Crippen LogP contribution in [0.1, 0.15) is 12.0 Å². The molecule has 2 aromatic carbocycles. The van der Waals surface area contributed by atoms with E-state index in [0.29, 0.717) is 36.6 Å². The molecule has 2 aliphatic rings. The third-order valence-corrected chi connectivity index (χ3v) is 5.80. The van der Waals surface area contributed by atoms with Gasteiger partial charge in [-0.1, -0.05) is 24.1 Å². The first kappa shape index (κ1) is 22.0. The number of hydrogen-bond acceptors (Lipinski definition) is 6. The van der Waals surface area contributed by atoms with E-state index in [1.165, 1.54) is 5.69 Å². The molecule has 4 rings (SSSR count). The number of aliphatic hydroxyl groups is 1. The number of fused-ring (bicyclic) bond motifs is 1. The first-order valence-corrected chi connectivity index (χ1v) is 11.0. The maximum atomic E-state index is 11.9. The number of carbonyl (C=O) groups excluding carboxylic acids is 1. The zero-order chi connectivity index (χ0) is 22.3. The molecule has 2 N–H and O–H groups in total. The number of rotatable bonds is 8. The molecule has 7 nitrogen and oxygen atoms in total. The lowest BCUT2D eigenvalue weighted by Gasteiger charge is -2.36. The summed E-state index contributed by atoms with van der Waals surface area (Å²) in [6.07, 6.45) is 5.62. The molecule has 32 heavy (non-hydrogen) atoms. The van der Waals surface area contributed by atoms with Gasteiger partial charge >= 0.3 is 0 Å². The number of piperazine rings is 1. The third-order valence-electron chi connectivity index (χ3n) is 5.80. The van der Waals surface area contributed by atoms with Crippen molar-refractivity contribution < 1.29 is 19.4 Å². The summed E-state index contributed by atoms with van der Waals surface area (Å²) in [7, 11) is 0. The molecule has 0 aromatic heterocycles. The number of benzene rings is 2. The molecule has 1 atom stereocenters. The zero-order valence-corrected chi connectivity index (χ0v) is 18.1. The van der Waals surface area contributed by atoms with Crippen LogP contribution in [0, 0.1) is 12.3 Å². The van der Waals surface area contributed by atoms with Crippen molar-refractivity contribution in [1.29, 1.82) is 0 Å². The number of β-amino-alcohol motifs (C(OH)–C–C–N with tert-alkyl or cyclic N) is 1. The summed E-state index contributed by atoms with van der Waals surface area (Å²) in [5.74, 6) is 3.56. The molecule has 168 valence electrons. The standard InChI is InChI=1S/C25H29N3O4/c1-2-16-31-23-10-9-22(21-8-11-24(30)26-25(21)23)32-18-20(29)17-27-12-14-28(15-13-27)19-6-4-3-5-7-19/h1,3-7,9-10,20,29H,8,11-18H2,(H,26,30). The van der Waals surface area contributed by atoms with Crippen LogP contribution in [0.4, 0.5) is 11.4 Å². The molecule has 7 heteroatoms. The lowest BCUT2D eigenvalue weighted by atomic mass is 10.0. The van der Waals surface area contributed by atoms with Crippen LogP contribution in [0.5, 0.6) is 11.5 Å². The number of para-hydroxylation sites is 1. The van der Waals surface area contributed by atoms with Crippen molar-refractivity contribution in [3.8, 4) is 23.8 Å². The van der Waals surface area contributed by atoms with Crippen LogP contribution in [0.3, 0.4) is 0 Å². The van der Waals surface area contributed by atoms with Gasteiger partial charge in [-0.2, -0.15) is 0 Å². The fourth-order valence-electron chi connectivity index (χ4n) is 4.17. The molecule has 0 spiro atoms. The topological polar surface area (TPSA) is 74.3 Å². The van der Waals surface area contributed by atoms with Gasteiger partial charge in [0.2, 0.25) is 5.91 Å². The highest BCUT2D eigenvalue weighted by molar-refractivity contribution is 5.96. The Kier molecular flexibility index (Phi) is 7.15. The molecule has 1 fully saturated rings. The summed E-state index contributed by atoms with van der Waals surface area (Å²) in [5, 5.41) is 13.4. The lowest BCUT2D eigenvalue weighted by molar-refractivity contribution is -0.116. The summed E-state index contributed by atoms with van der Waals surface area (Å²) in [6, 6.07) is 14.0. The minimum Gasteiger partial charge on any atom is -0.490 e. The summed E-state index contributed by atoms with van der Waals surface area (Å²) in [5.41, 5.74) is 2.73. The number of carbonyl (C=O) groups is 1. The Labute approximate surface area is 188 Å². The van der Waals surface area contributed by atoms with Crippen molar-refractivity contribution in [3.05, 3.63) is 48.0 Å². The molecule has 2 heterocycles. The second-order valence-electron chi connectivity index (χ2n) is 8.04. The van der Waals surface area contributed by atoms with Crippen LogP contribution in [0.2, 0.25) is 0 Å². The summed E-state index contributed by atoms with van der Waals surface area (Å²) < 4.78 is 11.5. The van der Waals surface area contributed by atoms with E-state index in [1.807, 2.05) is 12.1 Å². The van der Waals surface area contributed by atoms with Crippen molar-refractivity contribution >= 4 is 17.3 Å². The van der Waals surface area contributed by atoms with E-state index in [0.717, 1.165) is 31.7 Å². The zero-order valence-electron chi connectivity index (χ0n) is 18.1. The van der Waals surface area contributed by atoms with Crippen LogP contribution >= 0.6 is 0 Å². The Morgan fingerprint density at radius 3 is 2.53 bits per heavy atom. The smallest absolute Gasteiger partial charge is 0.224 e. The number of ether oxygens (including phenoxy) is 2. The molecular weight excluding hydrogens is 406 g/mol. The predicted molar refractivity (Wildman–Crippen MR) is 124 cm³/mol. The highest BCUT2D eigenvalue weighted by atomic mass is 16.5. The number of terminal acetylenes is 1. The van der Waals surface area contributed by atoms with E-state index >= 15 is 0 Å². The van der Waals surface area contributed by atoms with Gasteiger partial charge in [0.25, 0.3) is 0 Å². The number of nitrogens with one attached hydrogen (secondary N) is 1. The molecule has 0 aliphatic carbocycles. The molecule has 1 amide bonds. The van der Waals surface area contributed by atoms with Crippen LogP contribution in [-0.4, -0.2) is 68.0 Å². The average molecular weight is 436 g/mol. The largest absolute Gasteiger partial charge is 0.490 e. The first-order valence-electron chi connectivity index (χ1n) is 11.0. The molecular formula is C25H29N3O4. The van der Waals surface area contributed by atoms with Crippen LogP contribution < -0.4 is 19.7 Å². The predicted octanol–water partition coefficient (Wildman–Crippen LogP) is 2.15. The second kappa shape index (κ2) is 10.4. The Morgan fingerprint density at radius 1 is 1.03 bits per heavy atom. The third kappa shape index (κ3) is 5.34. The van der Waals surface area contributed by atoms with E-state index in [-0.39, 0.29) is 19.1 Å². The Hall–Kier alpha value is -3.21. The van der Waals surface area contributed by atoms with Gasteiger partial charge in [-0.05, 0) is 30.7 Å². The molecule has 2 aliphatic heterocycles. The van der Waals surface area contributed by atoms with Gasteiger partial charge in [0.15, 0.2) is 0 Å². The molecule has 0 radical (unpaired) electrons. The summed E-state index contributed by atoms with van der Waals surface area (Å²) in [4.78, 5) is 16.5. The number of anilines is 2. The van der Waals surface area contributed by atoms with Gasteiger partial charge in [-0.15, -0.1) is 6.42 Å². The fourth-order valence-corrected chi connectivity index (χ4v) is 4.17. The van der Waals surface area contributed by atoms with Crippen molar-refractivity contribution in [2.45, 2.75) is 18.9 Å². The lowest BCUT2D eigenvalue weighted by Crippen LogP contribution is -2.49. The van der Waals surface area contributed by atoms with Crippen LogP contribution in [0.25, 0.3) is 0 Å². The summed E-state index contributed by atoms with van der Waals surface area (Å²) >= 11 is 0. The van der Waals surface area contributed by atoms with E-state index in [4.69, 9.17) is 15.9 Å². The van der Waals surface area contributed by atoms with Gasteiger partial charge in [0.05, 0.1) is 5.69 Å². The highest BCUT2D eigenvalue weighted by Crippen LogP contribution is 2.39. The first-order chi connectivity index (χ1) is 15.6. The van der Waals surface area contributed by atoms with E-state index in [9.17, 15) is 9.90 Å². The molecule has 2 aromatic rings. The Bertz CT molecular complexity index is 965. The minimum atomic E-state index is -0.607. The maximum absolute atomic E-state index is 11.9. The van der Waals surface area contributed by atoms with Crippen molar-refractivity contribution in [2.24, 2.45) is 0 Å². The monoisotopic (exact) mass is 435 g/mol. The van der Waals surface area contributed by atoms with E-state index in [2.05, 4.69) is 45.3 Å². The second-order valence-corrected chi connectivity index (χ2v) is 8.04. The minimum absolute atomic E-state index is 0.0603. The molecule has 0 bridgehead atoms. The van der Waals surface area contributed by atoms with E-state index < -0.39 is 6.10 Å². The molecule has 1 saturated heterocycles. The van der Waals surface area contributed by atoms with Gasteiger partial charge in [-0.25, -0.2) is 0 Å². The van der Waals surface area contributed by atoms with E-state index in [1.54, 1.807) is 6.07 Å². The van der Waals surface area contributed by atoms with Crippen LogP contribution in [-0.2, 0) is 11.2 Å². The van der Waals surface area contributed by atoms with Crippen molar-refractivity contribution in [2.75, 3.05) is 56.2 Å². The normalized spacial score (nSPS) is 17.1. The number of aliphatic hydroxyl groups excluding tert-OH is 1. The number of nitrogens with zero attached hydrogens (tertiary/aromatic N) is 2. The van der Waals surface area contributed by atoms with Crippen molar-refractivity contribution in [3.63, 3.8) is 0 Å². The molecule has 0 saturated carbocycles. The number of hydrogen-bond donors (Lipinski definition) is 2. The summed E-state index contributed by atoms with van der Waals surface area (Å²) in [6.45, 7) is 4.53. The van der Waals surface area contributed by atoms with Crippen LogP contribution in [0.15, 0.2) is 42.5 Å². The van der Waals surface area contributed by atoms with Gasteiger partial charge < -0.3 is 24.8 Å². The fraction of sp³-hybridized carbons (Fsp3) is 0.400. The Morgan fingerprint density at radius 2 is 1.78 bits per heavy atom. The Balaban J connectivity index is 1.30. The quantitative estimate of drug-likeness (QED) is 0.619. The maximum Gasteiger partial charge on any atom is 0.224 e.